The Morgan fingerprint density at radius 2 is 1.86 bits per heavy atom. The number of carbonyl (C=O) groups excluding carboxylic acids is 1. The molecule has 0 aliphatic rings. The van der Waals surface area contributed by atoms with Gasteiger partial charge in [-0.1, -0.05) is 19.1 Å². The van der Waals surface area contributed by atoms with Crippen molar-refractivity contribution in [2.75, 3.05) is 20.1 Å². The fourth-order valence-corrected chi connectivity index (χ4v) is 1.76. The van der Waals surface area contributed by atoms with Crippen LogP contribution in [-0.2, 0) is 4.79 Å². The molecule has 2 unspecified atom stereocenters. The molecule has 0 aliphatic heterocycles. The summed E-state index contributed by atoms with van der Waals surface area (Å²) in [6, 6.07) is 5.64. The summed E-state index contributed by atoms with van der Waals surface area (Å²) in [4.78, 5) is 11.7. The zero-order chi connectivity index (χ0) is 15.8. The molecule has 1 aromatic rings. The molecule has 0 saturated carbocycles. The zero-order valence-electron chi connectivity index (χ0n) is 12.4. The number of hydrogen-bond donors (Lipinski definition) is 3. The molecule has 3 N–H and O–H groups in total. The molecule has 5 nitrogen and oxygen atoms in total. The quantitative estimate of drug-likeness (QED) is 0.675. The maximum atomic E-state index is 12.0. The summed E-state index contributed by atoms with van der Waals surface area (Å²) in [7, 11) is 1.75. The van der Waals surface area contributed by atoms with Gasteiger partial charge in [0.25, 0.3) is 0 Å². The largest absolute Gasteiger partial charge is 0.435 e. The number of ether oxygens (including phenoxy) is 1. The molecule has 22 heavy (non-hydrogen) atoms. The Morgan fingerprint density at radius 1 is 1.27 bits per heavy atom. The van der Waals surface area contributed by atoms with Gasteiger partial charge in [0.2, 0.25) is 5.91 Å². The molecule has 1 aromatic carbocycles. The number of aliphatic hydroxyl groups excluding tert-OH is 1. The lowest BCUT2D eigenvalue weighted by Gasteiger charge is -2.15. The first-order valence-corrected chi connectivity index (χ1v) is 6.59. The van der Waals surface area contributed by atoms with E-state index < -0.39 is 12.7 Å². The van der Waals surface area contributed by atoms with Gasteiger partial charge in [-0.3, -0.25) is 4.79 Å². The molecule has 126 valence electrons. The van der Waals surface area contributed by atoms with Gasteiger partial charge in [-0.25, -0.2) is 0 Å². The number of alkyl halides is 2. The third-order valence-electron chi connectivity index (χ3n) is 2.92. The minimum atomic E-state index is -2.88. The van der Waals surface area contributed by atoms with Gasteiger partial charge in [0.05, 0.1) is 6.10 Å². The summed E-state index contributed by atoms with van der Waals surface area (Å²) < 4.78 is 28.2. The number of aliphatic hydroxyl groups is 1. The van der Waals surface area contributed by atoms with Crippen LogP contribution in [0.15, 0.2) is 24.3 Å². The second-order valence-corrected chi connectivity index (χ2v) is 4.67. The number of halogens is 3. The van der Waals surface area contributed by atoms with Crippen LogP contribution in [0.5, 0.6) is 5.75 Å². The minimum absolute atomic E-state index is 0. The number of benzene rings is 1. The molecule has 0 saturated heterocycles. The minimum Gasteiger partial charge on any atom is -0.435 e. The molecule has 0 aromatic heterocycles. The summed E-state index contributed by atoms with van der Waals surface area (Å²) in [5.41, 5.74) is 0.512. The van der Waals surface area contributed by atoms with Crippen LogP contribution in [0.25, 0.3) is 0 Å². The van der Waals surface area contributed by atoms with Gasteiger partial charge in [-0.15, -0.1) is 12.4 Å². The topological polar surface area (TPSA) is 70.6 Å². The molecular weight excluding hydrogens is 318 g/mol. The van der Waals surface area contributed by atoms with E-state index in [1.807, 2.05) is 0 Å². The van der Waals surface area contributed by atoms with Gasteiger partial charge in [-0.05, 0) is 24.7 Å². The van der Waals surface area contributed by atoms with Crippen molar-refractivity contribution in [1.29, 1.82) is 0 Å². The average molecular weight is 339 g/mol. The number of hydrogen-bond acceptors (Lipinski definition) is 4. The first-order valence-electron chi connectivity index (χ1n) is 6.59. The van der Waals surface area contributed by atoms with E-state index in [0.29, 0.717) is 12.1 Å². The average Bonchev–Trinajstić information content (AvgIpc) is 2.44. The third-order valence-corrected chi connectivity index (χ3v) is 2.92. The smallest absolute Gasteiger partial charge is 0.387 e. The predicted molar refractivity (Wildman–Crippen MR) is 81.4 cm³/mol. The van der Waals surface area contributed by atoms with Gasteiger partial charge in [0.15, 0.2) is 0 Å². The number of rotatable bonds is 8. The van der Waals surface area contributed by atoms with E-state index in [2.05, 4.69) is 15.4 Å². The van der Waals surface area contributed by atoms with E-state index in [1.54, 1.807) is 14.0 Å². The molecule has 0 aliphatic carbocycles. The Balaban J connectivity index is 0.00000441. The Kier molecular flexibility index (Phi) is 9.64. The van der Waals surface area contributed by atoms with E-state index in [9.17, 15) is 18.7 Å². The lowest BCUT2D eigenvalue weighted by atomic mass is 10.1. The van der Waals surface area contributed by atoms with Crippen molar-refractivity contribution >= 4 is 18.3 Å². The van der Waals surface area contributed by atoms with Crippen LogP contribution in [0.4, 0.5) is 8.78 Å². The maximum absolute atomic E-state index is 12.0. The van der Waals surface area contributed by atoms with Crippen LogP contribution in [0, 0.1) is 5.92 Å². The van der Waals surface area contributed by atoms with Crippen LogP contribution in [0.1, 0.15) is 18.6 Å². The fourth-order valence-electron chi connectivity index (χ4n) is 1.76. The highest BCUT2D eigenvalue weighted by molar-refractivity contribution is 5.85. The Labute approximate surface area is 134 Å². The molecule has 1 rings (SSSR count). The Hall–Kier alpha value is -1.44. The second kappa shape index (κ2) is 10.3. The van der Waals surface area contributed by atoms with Crippen LogP contribution >= 0.6 is 12.4 Å². The van der Waals surface area contributed by atoms with Crippen LogP contribution in [0.2, 0.25) is 0 Å². The van der Waals surface area contributed by atoms with Gasteiger partial charge >= 0.3 is 6.61 Å². The van der Waals surface area contributed by atoms with Crippen molar-refractivity contribution in [2.24, 2.45) is 5.92 Å². The lowest BCUT2D eigenvalue weighted by Crippen LogP contribution is -2.36. The molecule has 2 atom stereocenters. The summed E-state index contributed by atoms with van der Waals surface area (Å²) in [5.74, 6) is -0.349. The van der Waals surface area contributed by atoms with Crippen molar-refractivity contribution in [3.63, 3.8) is 0 Å². The third kappa shape index (κ3) is 7.02. The SMILES string of the molecule is CNCC(C)C(=O)NCC(O)c1ccc(OC(F)F)cc1.Cl. The van der Waals surface area contributed by atoms with Crippen molar-refractivity contribution in [1.82, 2.24) is 10.6 Å². The summed E-state index contributed by atoms with van der Waals surface area (Å²) in [6.45, 7) is -0.508. The Morgan fingerprint density at radius 3 is 2.36 bits per heavy atom. The van der Waals surface area contributed by atoms with Gasteiger partial charge in [0.1, 0.15) is 5.75 Å². The first kappa shape index (κ1) is 20.6. The highest BCUT2D eigenvalue weighted by Gasteiger charge is 2.14. The van der Waals surface area contributed by atoms with Crippen LogP contribution < -0.4 is 15.4 Å². The molecule has 8 heteroatoms. The highest BCUT2D eigenvalue weighted by Crippen LogP contribution is 2.19. The summed E-state index contributed by atoms with van der Waals surface area (Å²) in [6.07, 6.45) is -0.906. The van der Waals surface area contributed by atoms with E-state index in [4.69, 9.17) is 0 Å². The standard InChI is InChI=1S/C14H20F2N2O3.ClH/c1-9(7-17-2)13(20)18-8-12(19)10-3-5-11(6-4-10)21-14(15)16;/h3-6,9,12,14,17,19H,7-8H2,1-2H3,(H,18,20);1H. The maximum Gasteiger partial charge on any atom is 0.387 e. The Bertz CT molecular complexity index is 446. The van der Waals surface area contributed by atoms with E-state index in [-0.39, 0.29) is 36.5 Å². The molecule has 0 bridgehead atoms. The van der Waals surface area contributed by atoms with E-state index in [0.717, 1.165) is 0 Å². The van der Waals surface area contributed by atoms with Crippen molar-refractivity contribution in [3.8, 4) is 5.75 Å². The van der Waals surface area contributed by atoms with Gasteiger partial charge in [-0.2, -0.15) is 8.78 Å². The number of carbonyl (C=O) groups is 1. The normalized spacial score (nSPS) is 13.2. The number of amides is 1. The zero-order valence-corrected chi connectivity index (χ0v) is 13.2. The summed E-state index contributed by atoms with van der Waals surface area (Å²) >= 11 is 0. The van der Waals surface area contributed by atoms with E-state index in [1.165, 1.54) is 24.3 Å². The molecule has 0 radical (unpaired) electrons. The molecular formula is C14H21ClF2N2O3. The second-order valence-electron chi connectivity index (χ2n) is 4.67. The molecule has 1 amide bonds. The highest BCUT2D eigenvalue weighted by atomic mass is 35.5. The predicted octanol–water partition coefficient (Wildman–Crippen LogP) is 1.71. The van der Waals surface area contributed by atoms with Crippen molar-refractivity contribution in [3.05, 3.63) is 29.8 Å². The summed E-state index contributed by atoms with van der Waals surface area (Å²) in [5, 5.41) is 15.5. The van der Waals surface area contributed by atoms with E-state index >= 15 is 0 Å². The first-order chi connectivity index (χ1) is 9.93. The van der Waals surface area contributed by atoms with Crippen molar-refractivity contribution < 1.29 is 23.4 Å². The van der Waals surface area contributed by atoms with Gasteiger partial charge in [0, 0.05) is 19.0 Å². The van der Waals surface area contributed by atoms with Crippen molar-refractivity contribution in [2.45, 2.75) is 19.6 Å². The van der Waals surface area contributed by atoms with Crippen LogP contribution in [0.3, 0.4) is 0 Å². The molecule has 0 heterocycles. The monoisotopic (exact) mass is 338 g/mol. The molecule has 0 fully saturated rings. The van der Waals surface area contributed by atoms with Crippen LogP contribution in [-0.4, -0.2) is 37.8 Å². The fraction of sp³-hybridized carbons (Fsp3) is 0.500. The molecule has 0 spiro atoms. The number of nitrogens with one attached hydrogen (secondary N) is 2. The van der Waals surface area contributed by atoms with Gasteiger partial charge < -0.3 is 20.5 Å². The lowest BCUT2D eigenvalue weighted by molar-refractivity contribution is -0.124.